The van der Waals surface area contributed by atoms with Gasteiger partial charge in [-0.15, -0.1) is 0 Å². The summed E-state index contributed by atoms with van der Waals surface area (Å²) in [5.41, 5.74) is 5.68. The van der Waals surface area contributed by atoms with Gasteiger partial charge in [-0.1, -0.05) is 33.6 Å². The molecule has 0 aromatic heterocycles. The van der Waals surface area contributed by atoms with E-state index in [0.717, 1.165) is 12.8 Å². The van der Waals surface area contributed by atoms with Crippen molar-refractivity contribution in [3.63, 3.8) is 0 Å². The summed E-state index contributed by atoms with van der Waals surface area (Å²) in [6.45, 7) is 5.85. The number of hydrogen-bond acceptors (Lipinski definition) is 2. The lowest BCUT2D eigenvalue weighted by molar-refractivity contribution is -0.128. The Balaban J connectivity index is 2.56. The van der Waals surface area contributed by atoms with E-state index in [1.807, 2.05) is 20.8 Å². The molecule has 13 heavy (non-hydrogen) atoms. The number of rotatable bonds is 2. The van der Waals surface area contributed by atoms with Crippen LogP contribution in [-0.2, 0) is 4.79 Å². The summed E-state index contributed by atoms with van der Waals surface area (Å²) in [5.74, 6) is 0.672. The standard InChI is InChI=1S/C11H21NO/c1-11(2,3)10(13)9(12)8-6-4-5-7-8/h8-9H,4-7,12H2,1-3H3. The van der Waals surface area contributed by atoms with Crippen LogP contribution in [0.1, 0.15) is 46.5 Å². The molecule has 1 unspecified atom stereocenters. The van der Waals surface area contributed by atoms with Crippen LogP contribution >= 0.6 is 0 Å². The minimum atomic E-state index is -0.276. The third kappa shape index (κ3) is 2.53. The molecule has 0 aliphatic heterocycles. The number of ketones is 1. The van der Waals surface area contributed by atoms with E-state index in [0.29, 0.717) is 5.92 Å². The minimum absolute atomic E-state index is 0.220. The van der Waals surface area contributed by atoms with Gasteiger partial charge in [-0.2, -0.15) is 0 Å². The lowest BCUT2D eigenvalue weighted by Crippen LogP contribution is -2.43. The van der Waals surface area contributed by atoms with Crippen molar-refractivity contribution in [3.05, 3.63) is 0 Å². The molecule has 76 valence electrons. The number of hydrogen-bond donors (Lipinski definition) is 1. The first kappa shape index (κ1) is 10.7. The molecule has 0 heterocycles. The Hall–Kier alpha value is -0.370. The van der Waals surface area contributed by atoms with E-state index in [-0.39, 0.29) is 17.2 Å². The smallest absolute Gasteiger partial charge is 0.155 e. The third-order valence-electron chi connectivity index (χ3n) is 2.95. The molecule has 1 aliphatic carbocycles. The first-order valence-corrected chi connectivity index (χ1v) is 5.23. The monoisotopic (exact) mass is 183 g/mol. The molecule has 0 radical (unpaired) electrons. The maximum atomic E-state index is 11.8. The molecule has 1 saturated carbocycles. The van der Waals surface area contributed by atoms with Crippen LogP contribution in [0.4, 0.5) is 0 Å². The van der Waals surface area contributed by atoms with Crippen molar-refractivity contribution in [3.8, 4) is 0 Å². The van der Waals surface area contributed by atoms with Crippen LogP contribution in [0.5, 0.6) is 0 Å². The van der Waals surface area contributed by atoms with Crippen LogP contribution in [-0.4, -0.2) is 11.8 Å². The zero-order chi connectivity index (χ0) is 10.1. The molecule has 0 bridgehead atoms. The Bertz CT molecular complexity index is 187. The van der Waals surface area contributed by atoms with E-state index in [1.165, 1.54) is 12.8 Å². The topological polar surface area (TPSA) is 43.1 Å². The summed E-state index contributed by atoms with van der Waals surface area (Å²) in [6.07, 6.45) is 4.78. The molecule has 1 atom stereocenters. The van der Waals surface area contributed by atoms with Crippen molar-refractivity contribution in [2.75, 3.05) is 0 Å². The quantitative estimate of drug-likeness (QED) is 0.712. The zero-order valence-electron chi connectivity index (χ0n) is 8.97. The molecule has 1 aliphatic rings. The number of carbonyl (C=O) groups is 1. The lowest BCUT2D eigenvalue weighted by Gasteiger charge is -2.25. The molecular weight excluding hydrogens is 162 g/mol. The summed E-state index contributed by atoms with van der Waals surface area (Å²) in [5, 5.41) is 0. The molecule has 0 saturated heterocycles. The second-order valence-electron chi connectivity index (χ2n) is 5.18. The van der Waals surface area contributed by atoms with E-state index >= 15 is 0 Å². The molecule has 0 spiro atoms. The molecule has 0 amide bonds. The Morgan fingerprint density at radius 3 is 2.15 bits per heavy atom. The van der Waals surface area contributed by atoms with E-state index in [2.05, 4.69) is 0 Å². The highest BCUT2D eigenvalue weighted by atomic mass is 16.1. The SMILES string of the molecule is CC(C)(C)C(=O)C(N)C1CCCC1. The zero-order valence-corrected chi connectivity index (χ0v) is 8.97. The molecule has 0 aromatic carbocycles. The molecule has 2 N–H and O–H groups in total. The van der Waals surface area contributed by atoms with Gasteiger partial charge in [0.25, 0.3) is 0 Å². The lowest BCUT2D eigenvalue weighted by atomic mass is 9.81. The molecule has 0 aromatic rings. The van der Waals surface area contributed by atoms with Crippen molar-refractivity contribution in [1.29, 1.82) is 0 Å². The van der Waals surface area contributed by atoms with Gasteiger partial charge in [0, 0.05) is 5.41 Å². The van der Waals surface area contributed by atoms with Gasteiger partial charge < -0.3 is 5.73 Å². The van der Waals surface area contributed by atoms with Crippen LogP contribution in [0.25, 0.3) is 0 Å². The minimum Gasteiger partial charge on any atom is -0.321 e. The second kappa shape index (κ2) is 3.79. The van der Waals surface area contributed by atoms with Gasteiger partial charge in [-0.3, -0.25) is 4.79 Å². The Labute approximate surface area is 80.9 Å². The summed E-state index contributed by atoms with van der Waals surface area (Å²) < 4.78 is 0. The van der Waals surface area contributed by atoms with Gasteiger partial charge in [0.2, 0.25) is 0 Å². The molecular formula is C11H21NO. The van der Waals surface area contributed by atoms with E-state index < -0.39 is 0 Å². The Morgan fingerprint density at radius 2 is 1.77 bits per heavy atom. The van der Waals surface area contributed by atoms with Crippen LogP contribution < -0.4 is 5.73 Å². The Morgan fingerprint density at radius 1 is 1.31 bits per heavy atom. The Kier molecular flexibility index (Phi) is 3.12. The highest BCUT2D eigenvalue weighted by molar-refractivity contribution is 5.88. The van der Waals surface area contributed by atoms with E-state index in [9.17, 15) is 4.79 Å². The largest absolute Gasteiger partial charge is 0.321 e. The second-order valence-corrected chi connectivity index (χ2v) is 5.18. The maximum absolute atomic E-state index is 11.8. The fourth-order valence-corrected chi connectivity index (χ4v) is 2.03. The average Bonchev–Trinajstić information content (AvgIpc) is 2.51. The summed E-state index contributed by atoms with van der Waals surface area (Å²) in [6, 6.07) is -0.220. The fraction of sp³-hybridized carbons (Fsp3) is 0.909. The summed E-state index contributed by atoms with van der Waals surface area (Å²) in [7, 11) is 0. The van der Waals surface area contributed by atoms with E-state index in [1.54, 1.807) is 0 Å². The van der Waals surface area contributed by atoms with Gasteiger partial charge in [-0.05, 0) is 18.8 Å². The molecule has 1 fully saturated rings. The predicted molar refractivity (Wildman–Crippen MR) is 54.4 cm³/mol. The number of carbonyl (C=O) groups excluding carboxylic acids is 1. The maximum Gasteiger partial charge on any atom is 0.155 e. The van der Waals surface area contributed by atoms with Gasteiger partial charge in [0.05, 0.1) is 6.04 Å². The van der Waals surface area contributed by atoms with Crippen LogP contribution in [0, 0.1) is 11.3 Å². The average molecular weight is 183 g/mol. The summed E-state index contributed by atoms with van der Waals surface area (Å²) in [4.78, 5) is 11.8. The van der Waals surface area contributed by atoms with Crippen LogP contribution in [0.15, 0.2) is 0 Å². The number of Topliss-reactive ketones (excluding diaryl/α,β-unsaturated/α-hetero) is 1. The summed E-state index contributed by atoms with van der Waals surface area (Å²) >= 11 is 0. The van der Waals surface area contributed by atoms with Crippen LogP contribution in [0.3, 0.4) is 0 Å². The predicted octanol–water partition coefficient (Wildman–Crippen LogP) is 2.12. The van der Waals surface area contributed by atoms with Crippen molar-refractivity contribution >= 4 is 5.78 Å². The van der Waals surface area contributed by atoms with Crippen molar-refractivity contribution in [2.24, 2.45) is 17.1 Å². The van der Waals surface area contributed by atoms with Gasteiger partial charge in [0.15, 0.2) is 5.78 Å². The van der Waals surface area contributed by atoms with Crippen LogP contribution in [0.2, 0.25) is 0 Å². The first-order valence-electron chi connectivity index (χ1n) is 5.23. The van der Waals surface area contributed by atoms with Crippen molar-refractivity contribution in [1.82, 2.24) is 0 Å². The third-order valence-corrected chi connectivity index (χ3v) is 2.95. The highest BCUT2D eigenvalue weighted by Crippen LogP contribution is 2.30. The van der Waals surface area contributed by atoms with Crippen molar-refractivity contribution in [2.45, 2.75) is 52.5 Å². The van der Waals surface area contributed by atoms with Gasteiger partial charge in [-0.25, -0.2) is 0 Å². The van der Waals surface area contributed by atoms with Gasteiger partial charge >= 0.3 is 0 Å². The first-order chi connectivity index (χ1) is 5.93. The van der Waals surface area contributed by atoms with Gasteiger partial charge in [0.1, 0.15) is 0 Å². The highest BCUT2D eigenvalue weighted by Gasteiger charge is 2.33. The molecule has 2 heteroatoms. The number of nitrogens with two attached hydrogens (primary N) is 1. The normalized spacial score (nSPS) is 21.8. The van der Waals surface area contributed by atoms with Crippen molar-refractivity contribution < 1.29 is 4.79 Å². The molecule has 2 nitrogen and oxygen atoms in total. The molecule has 1 rings (SSSR count). The van der Waals surface area contributed by atoms with E-state index in [4.69, 9.17) is 5.73 Å². The fourth-order valence-electron chi connectivity index (χ4n) is 2.03.